The summed E-state index contributed by atoms with van der Waals surface area (Å²) in [6.45, 7) is 1.45. The summed E-state index contributed by atoms with van der Waals surface area (Å²) in [6.07, 6.45) is 4.61. The summed E-state index contributed by atoms with van der Waals surface area (Å²) >= 11 is 0. The van der Waals surface area contributed by atoms with E-state index in [1.807, 2.05) is 35.1 Å². The molecule has 0 aliphatic rings. The van der Waals surface area contributed by atoms with E-state index in [0.29, 0.717) is 6.54 Å². The lowest BCUT2D eigenvalue weighted by molar-refractivity contribution is 0.106. The van der Waals surface area contributed by atoms with Gasteiger partial charge < -0.3 is 15.4 Å². The molecule has 3 rings (SSSR count). The summed E-state index contributed by atoms with van der Waals surface area (Å²) in [4.78, 5) is 4.29. The molecule has 0 spiro atoms. The average Bonchev–Trinajstić information content (AvgIpc) is 3.29. The standard InChI is InChI=1S/C22H27N5O.HI/c1-23-22(25-17-21(28-2)19-7-4-3-5-8-19)24-15-13-18-9-11-20(12-10-18)27-16-6-14-26-27;/h3-12,14,16,21H,13,15,17H2,1-2H3,(H2,23,24,25);1H. The molecule has 1 aromatic heterocycles. The molecule has 0 amide bonds. The smallest absolute Gasteiger partial charge is 0.191 e. The second-order valence-electron chi connectivity index (χ2n) is 6.38. The van der Waals surface area contributed by atoms with E-state index in [2.05, 4.69) is 57.1 Å². The molecule has 1 unspecified atom stereocenters. The zero-order valence-corrected chi connectivity index (χ0v) is 19.1. The first-order valence-electron chi connectivity index (χ1n) is 9.41. The van der Waals surface area contributed by atoms with Crippen LogP contribution in [0.15, 0.2) is 78.0 Å². The average molecular weight is 505 g/mol. The zero-order valence-electron chi connectivity index (χ0n) is 16.8. The van der Waals surface area contributed by atoms with Gasteiger partial charge in [-0.2, -0.15) is 5.10 Å². The van der Waals surface area contributed by atoms with Crippen LogP contribution in [-0.2, 0) is 11.2 Å². The molecule has 2 aromatic carbocycles. The van der Waals surface area contributed by atoms with Gasteiger partial charge in [0.15, 0.2) is 5.96 Å². The number of rotatable bonds is 8. The minimum absolute atomic E-state index is 0. The second kappa shape index (κ2) is 12.2. The maximum atomic E-state index is 5.59. The SMILES string of the molecule is CN=C(NCCc1ccc(-n2cccn2)cc1)NCC(OC)c1ccccc1.I. The monoisotopic (exact) mass is 505 g/mol. The molecule has 7 heteroatoms. The van der Waals surface area contributed by atoms with E-state index in [1.54, 1.807) is 20.4 Å². The number of halogens is 1. The van der Waals surface area contributed by atoms with Gasteiger partial charge in [0, 0.05) is 39.6 Å². The predicted molar refractivity (Wildman–Crippen MR) is 128 cm³/mol. The van der Waals surface area contributed by atoms with Crippen molar-refractivity contribution in [3.63, 3.8) is 0 Å². The van der Waals surface area contributed by atoms with Crippen LogP contribution in [0.2, 0.25) is 0 Å². The lowest BCUT2D eigenvalue weighted by atomic mass is 10.1. The molecule has 0 saturated heterocycles. The Morgan fingerprint density at radius 2 is 1.83 bits per heavy atom. The number of nitrogens with one attached hydrogen (secondary N) is 2. The van der Waals surface area contributed by atoms with Gasteiger partial charge in [-0.15, -0.1) is 24.0 Å². The van der Waals surface area contributed by atoms with Crippen LogP contribution in [0.5, 0.6) is 0 Å². The highest BCUT2D eigenvalue weighted by Gasteiger charge is 2.10. The number of ether oxygens (including phenoxy) is 1. The van der Waals surface area contributed by atoms with Crippen molar-refractivity contribution in [2.75, 3.05) is 27.2 Å². The maximum Gasteiger partial charge on any atom is 0.191 e. The molecule has 1 atom stereocenters. The Morgan fingerprint density at radius 1 is 1.07 bits per heavy atom. The highest BCUT2D eigenvalue weighted by molar-refractivity contribution is 14.0. The first-order valence-corrected chi connectivity index (χ1v) is 9.41. The van der Waals surface area contributed by atoms with Gasteiger partial charge in [0.05, 0.1) is 11.8 Å². The largest absolute Gasteiger partial charge is 0.375 e. The fourth-order valence-corrected chi connectivity index (χ4v) is 2.98. The van der Waals surface area contributed by atoms with Crippen LogP contribution >= 0.6 is 24.0 Å². The van der Waals surface area contributed by atoms with E-state index in [9.17, 15) is 0 Å². The van der Waals surface area contributed by atoms with Crippen molar-refractivity contribution in [2.24, 2.45) is 4.99 Å². The van der Waals surface area contributed by atoms with Gasteiger partial charge >= 0.3 is 0 Å². The molecule has 0 aliphatic carbocycles. The van der Waals surface area contributed by atoms with Crippen molar-refractivity contribution in [2.45, 2.75) is 12.5 Å². The van der Waals surface area contributed by atoms with E-state index in [-0.39, 0.29) is 30.1 Å². The van der Waals surface area contributed by atoms with Crippen molar-refractivity contribution in [3.8, 4) is 5.69 Å². The third-order valence-electron chi connectivity index (χ3n) is 4.55. The molecule has 0 saturated carbocycles. The summed E-state index contributed by atoms with van der Waals surface area (Å²) in [6, 6.07) is 20.5. The predicted octanol–water partition coefficient (Wildman–Crippen LogP) is 3.59. The Morgan fingerprint density at radius 3 is 2.45 bits per heavy atom. The van der Waals surface area contributed by atoms with Crippen molar-refractivity contribution >= 4 is 29.9 Å². The van der Waals surface area contributed by atoms with Gasteiger partial charge in [-0.05, 0) is 35.7 Å². The number of guanidine groups is 1. The minimum Gasteiger partial charge on any atom is -0.375 e. The molecule has 0 bridgehead atoms. The van der Waals surface area contributed by atoms with Crippen molar-refractivity contribution in [3.05, 3.63) is 84.2 Å². The van der Waals surface area contributed by atoms with E-state index in [1.165, 1.54) is 5.56 Å². The van der Waals surface area contributed by atoms with Gasteiger partial charge in [-0.3, -0.25) is 4.99 Å². The van der Waals surface area contributed by atoms with E-state index >= 15 is 0 Å². The lowest BCUT2D eigenvalue weighted by Gasteiger charge is -2.18. The summed E-state index contributed by atoms with van der Waals surface area (Å²) in [5, 5.41) is 10.9. The molecule has 0 radical (unpaired) electrons. The highest BCUT2D eigenvalue weighted by atomic mass is 127. The second-order valence-corrected chi connectivity index (χ2v) is 6.38. The molecule has 2 N–H and O–H groups in total. The van der Waals surface area contributed by atoms with Crippen molar-refractivity contribution in [1.29, 1.82) is 0 Å². The van der Waals surface area contributed by atoms with Gasteiger partial charge in [0.25, 0.3) is 0 Å². The van der Waals surface area contributed by atoms with Crippen LogP contribution in [0, 0.1) is 0 Å². The van der Waals surface area contributed by atoms with Crippen LogP contribution in [0.1, 0.15) is 17.2 Å². The third kappa shape index (κ3) is 6.86. The number of nitrogens with zero attached hydrogens (tertiary/aromatic N) is 3. The van der Waals surface area contributed by atoms with Crippen molar-refractivity contribution < 1.29 is 4.74 Å². The summed E-state index contributed by atoms with van der Waals surface area (Å²) in [5.74, 6) is 0.770. The van der Waals surface area contributed by atoms with Gasteiger partial charge in [-0.25, -0.2) is 4.68 Å². The molecular weight excluding hydrogens is 477 g/mol. The Hall–Kier alpha value is -2.39. The number of hydrogen-bond acceptors (Lipinski definition) is 3. The zero-order chi connectivity index (χ0) is 19.6. The van der Waals surface area contributed by atoms with Crippen LogP contribution in [0.3, 0.4) is 0 Å². The van der Waals surface area contributed by atoms with E-state index in [4.69, 9.17) is 4.74 Å². The van der Waals surface area contributed by atoms with Gasteiger partial charge in [-0.1, -0.05) is 42.5 Å². The molecule has 0 fully saturated rings. The Bertz CT molecular complexity index is 851. The maximum absolute atomic E-state index is 5.59. The number of aromatic nitrogens is 2. The molecule has 0 aliphatic heterocycles. The van der Waals surface area contributed by atoms with Gasteiger partial charge in [0.1, 0.15) is 0 Å². The summed E-state index contributed by atoms with van der Waals surface area (Å²) < 4.78 is 7.45. The molecule has 1 heterocycles. The van der Waals surface area contributed by atoms with Crippen LogP contribution in [0.25, 0.3) is 5.69 Å². The first kappa shape index (κ1) is 22.9. The third-order valence-corrected chi connectivity index (χ3v) is 4.55. The number of aliphatic imine (C=N–C) groups is 1. The topological polar surface area (TPSA) is 63.5 Å². The molecule has 6 nitrogen and oxygen atoms in total. The Labute approximate surface area is 189 Å². The van der Waals surface area contributed by atoms with E-state index < -0.39 is 0 Å². The molecule has 29 heavy (non-hydrogen) atoms. The van der Waals surface area contributed by atoms with Gasteiger partial charge in [0.2, 0.25) is 0 Å². The fourth-order valence-electron chi connectivity index (χ4n) is 2.98. The molecular formula is C22H28IN5O. The Kier molecular flexibility index (Phi) is 9.66. The summed E-state index contributed by atoms with van der Waals surface area (Å²) in [7, 11) is 3.50. The van der Waals surface area contributed by atoms with E-state index in [0.717, 1.165) is 30.2 Å². The molecule has 3 aromatic rings. The van der Waals surface area contributed by atoms with Crippen molar-refractivity contribution in [1.82, 2.24) is 20.4 Å². The Balaban J connectivity index is 0.00000300. The normalized spacial score (nSPS) is 12.1. The number of methoxy groups -OCH3 is 1. The summed E-state index contributed by atoms with van der Waals surface area (Å²) in [5.41, 5.74) is 3.47. The lowest BCUT2D eigenvalue weighted by Crippen LogP contribution is -2.40. The molecule has 154 valence electrons. The number of hydrogen-bond donors (Lipinski definition) is 2. The highest BCUT2D eigenvalue weighted by Crippen LogP contribution is 2.14. The quantitative estimate of drug-likeness (QED) is 0.279. The number of benzene rings is 2. The minimum atomic E-state index is -0.0189. The fraction of sp³-hybridized carbons (Fsp3) is 0.273. The van der Waals surface area contributed by atoms with Crippen LogP contribution in [-0.4, -0.2) is 43.0 Å². The van der Waals surface area contributed by atoms with Crippen LogP contribution < -0.4 is 10.6 Å². The first-order chi connectivity index (χ1) is 13.8. The van der Waals surface area contributed by atoms with Crippen LogP contribution in [0.4, 0.5) is 0 Å².